The first-order chi connectivity index (χ1) is 12.0. The number of allylic oxidation sites excluding steroid dienone is 2. The third kappa shape index (κ3) is 5.37. The molecule has 1 saturated heterocycles. The number of hydrogen-bond donors (Lipinski definition) is 0. The highest BCUT2D eigenvalue weighted by atomic mass is 35.5. The van der Waals surface area contributed by atoms with Crippen molar-refractivity contribution in [3.05, 3.63) is 52.6 Å². The largest absolute Gasteiger partial charge is 0.462 e. The number of nitrogens with zero attached hydrogens (tertiary/aromatic N) is 2. The van der Waals surface area contributed by atoms with Crippen LogP contribution < -0.4 is 0 Å². The van der Waals surface area contributed by atoms with Crippen LogP contribution in [0.1, 0.15) is 32.3 Å². The average Bonchev–Trinajstić information content (AvgIpc) is 2.61. The van der Waals surface area contributed by atoms with E-state index in [2.05, 4.69) is 11.8 Å². The molecule has 0 atom stereocenters. The number of rotatable bonds is 5. The topological polar surface area (TPSA) is 53.3 Å². The van der Waals surface area contributed by atoms with Crippen molar-refractivity contribution in [3.63, 3.8) is 0 Å². The lowest BCUT2D eigenvalue weighted by Crippen LogP contribution is -2.31. The van der Waals surface area contributed by atoms with E-state index in [-0.39, 0.29) is 12.2 Å². The molecular weight excluding hydrogens is 336 g/mol. The molecule has 0 unspecified atom stereocenters. The van der Waals surface area contributed by atoms with E-state index in [1.807, 2.05) is 36.4 Å². The Morgan fingerprint density at radius 2 is 1.96 bits per heavy atom. The molecule has 0 N–H and O–H groups in total. The van der Waals surface area contributed by atoms with E-state index in [9.17, 15) is 10.1 Å². The number of likely N-dealkylation sites (tertiary alicyclic amines) is 1. The molecule has 1 aliphatic heterocycles. The Bertz CT molecular complexity index is 693. The van der Waals surface area contributed by atoms with Gasteiger partial charge in [-0.2, -0.15) is 5.26 Å². The van der Waals surface area contributed by atoms with E-state index in [0.717, 1.165) is 37.2 Å². The van der Waals surface area contributed by atoms with Gasteiger partial charge in [-0.15, -0.1) is 0 Å². The van der Waals surface area contributed by atoms with Crippen LogP contribution in [-0.4, -0.2) is 30.6 Å². The summed E-state index contributed by atoms with van der Waals surface area (Å²) in [6, 6.07) is 9.51. The summed E-state index contributed by atoms with van der Waals surface area (Å²) in [6.45, 7) is 6.12. The molecule has 1 aliphatic rings. The highest BCUT2D eigenvalue weighted by Crippen LogP contribution is 2.27. The van der Waals surface area contributed by atoms with Crippen LogP contribution in [0.2, 0.25) is 5.02 Å². The van der Waals surface area contributed by atoms with Crippen molar-refractivity contribution in [3.8, 4) is 6.07 Å². The third-order valence-electron chi connectivity index (χ3n) is 4.29. The van der Waals surface area contributed by atoms with Crippen molar-refractivity contribution in [1.82, 2.24) is 4.90 Å². The van der Waals surface area contributed by atoms with Crippen LogP contribution in [0.15, 0.2) is 42.0 Å². The van der Waals surface area contributed by atoms with Crippen molar-refractivity contribution in [2.45, 2.75) is 26.7 Å². The second-order valence-corrected chi connectivity index (χ2v) is 6.58. The molecule has 132 valence electrons. The first kappa shape index (κ1) is 19.1. The lowest BCUT2D eigenvalue weighted by Gasteiger charge is -2.34. The molecule has 1 fully saturated rings. The normalized spacial score (nSPS) is 16.5. The number of carbonyl (C=O) groups is 1. The predicted octanol–water partition coefficient (Wildman–Crippen LogP) is 4.43. The number of benzene rings is 1. The van der Waals surface area contributed by atoms with Gasteiger partial charge >= 0.3 is 5.97 Å². The molecule has 0 bridgehead atoms. The highest BCUT2D eigenvalue weighted by Gasteiger charge is 2.19. The molecule has 0 radical (unpaired) electrons. The second-order valence-electron chi connectivity index (χ2n) is 6.14. The zero-order valence-corrected chi connectivity index (χ0v) is 15.4. The molecule has 0 spiro atoms. The summed E-state index contributed by atoms with van der Waals surface area (Å²) in [5.74, 6) is 0.122. The van der Waals surface area contributed by atoms with Crippen molar-refractivity contribution in [2.24, 2.45) is 5.92 Å². The van der Waals surface area contributed by atoms with Gasteiger partial charge in [0.15, 0.2) is 0 Å². The molecular formula is C20H23ClN2O2. The lowest BCUT2D eigenvalue weighted by molar-refractivity contribution is -0.138. The Balaban J connectivity index is 2.35. The molecule has 4 nitrogen and oxygen atoms in total. The van der Waals surface area contributed by atoms with Gasteiger partial charge < -0.3 is 9.64 Å². The zero-order valence-electron chi connectivity index (χ0n) is 14.7. The van der Waals surface area contributed by atoms with E-state index in [1.54, 1.807) is 13.0 Å². The highest BCUT2D eigenvalue weighted by molar-refractivity contribution is 6.30. The standard InChI is InChI=1S/C20H23ClN2O2/c1-3-25-20(24)17(14-22)6-9-19(16-4-7-18(21)8-5-16)23-12-10-15(2)11-13-23/h4-9,15H,3,10-13H2,1-2H3/b17-6+,19-9-. The predicted molar refractivity (Wildman–Crippen MR) is 99.7 cm³/mol. The molecule has 0 aromatic heterocycles. The maximum absolute atomic E-state index is 11.8. The molecule has 1 aromatic rings. The summed E-state index contributed by atoms with van der Waals surface area (Å²) < 4.78 is 4.92. The summed E-state index contributed by atoms with van der Waals surface area (Å²) in [6.07, 6.45) is 5.62. The Morgan fingerprint density at radius 1 is 1.32 bits per heavy atom. The number of halogens is 1. The maximum atomic E-state index is 11.8. The number of esters is 1. The Hall–Kier alpha value is -2.25. The van der Waals surface area contributed by atoms with E-state index in [0.29, 0.717) is 10.9 Å². The lowest BCUT2D eigenvalue weighted by atomic mass is 9.97. The molecule has 0 aliphatic carbocycles. The van der Waals surface area contributed by atoms with Crippen molar-refractivity contribution in [2.75, 3.05) is 19.7 Å². The van der Waals surface area contributed by atoms with Gasteiger partial charge in [0, 0.05) is 23.8 Å². The maximum Gasteiger partial charge on any atom is 0.348 e. The van der Waals surface area contributed by atoms with Crippen LogP contribution in [0.5, 0.6) is 0 Å². The Morgan fingerprint density at radius 3 is 2.52 bits per heavy atom. The quantitative estimate of drug-likeness (QED) is 0.338. The van der Waals surface area contributed by atoms with Gasteiger partial charge in [0.2, 0.25) is 0 Å². The monoisotopic (exact) mass is 358 g/mol. The molecule has 25 heavy (non-hydrogen) atoms. The Kier molecular flexibility index (Phi) is 7.09. The summed E-state index contributed by atoms with van der Waals surface area (Å²) in [4.78, 5) is 14.1. The van der Waals surface area contributed by atoms with Gasteiger partial charge in [-0.1, -0.05) is 30.7 Å². The van der Waals surface area contributed by atoms with E-state index in [4.69, 9.17) is 16.3 Å². The van der Waals surface area contributed by atoms with Gasteiger partial charge in [-0.3, -0.25) is 0 Å². The van der Waals surface area contributed by atoms with Crippen LogP contribution >= 0.6 is 11.6 Å². The van der Waals surface area contributed by atoms with Crippen LogP contribution in [0.4, 0.5) is 0 Å². The molecule has 1 aromatic carbocycles. The second kappa shape index (κ2) is 9.29. The minimum atomic E-state index is -0.594. The molecule has 5 heteroatoms. The van der Waals surface area contributed by atoms with Gasteiger partial charge in [-0.25, -0.2) is 4.79 Å². The first-order valence-corrected chi connectivity index (χ1v) is 8.93. The number of nitriles is 1. The first-order valence-electron chi connectivity index (χ1n) is 8.55. The van der Waals surface area contributed by atoms with E-state index < -0.39 is 5.97 Å². The van der Waals surface area contributed by atoms with Crippen LogP contribution in [-0.2, 0) is 9.53 Å². The molecule has 0 amide bonds. The van der Waals surface area contributed by atoms with Crippen molar-refractivity contribution >= 4 is 23.3 Å². The summed E-state index contributed by atoms with van der Waals surface area (Å²) >= 11 is 6.00. The van der Waals surface area contributed by atoms with Crippen LogP contribution in [0.25, 0.3) is 5.70 Å². The van der Waals surface area contributed by atoms with E-state index in [1.165, 1.54) is 0 Å². The Labute approximate surface area is 154 Å². The molecule has 2 rings (SSSR count). The minimum absolute atomic E-state index is 0.00121. The molecule has 1 heterocycles. The summed E-state index contributed by atoms with van der Waals surface area (Å²) in [5, 5.41) is 9.88. The third-order valence-corrected chi connectivity index (χ3v) is 4.54. The number of piperidine rings is 1. The van der Waals surface area contributed by atoms with Crippen molar-refractivity contribution < 1.29 is 9.53 Å². The number of ether oxygens (including phenoxy) is 1. The fourth-order valence-corrected chi connectivity index (χ4v) is 2.90. The number of carbonyl (C=O) groups excluding carboxylic acids is 1. The minimum Gasteiger partial charge on any atom is -0.462 e. The SMILES string of the molecule is CCOC(=O)/C(C#N)=C/C=C(/c1ccc(Cl)cc1)N1CCC(C)CC1. The average molecular weight is 359 g/mol. The summed E-state index contributed by atoms with van der Waals surface area (Å²) in [7, 11) is 0. The number of hydrogen-bond acceptors (Lipinski definition) is 4. The van der Waals surface area contributed by atoms with Gasteiger partial charge in [-0.05, 0) is 55.5 Å². The van der Waals surface area contributed by atoms with Crippen molar-refractivity contribution in [1.29, 1.82) is 5.26 Å². The fraction of sp³-hybridized carbons (Fsp3) is 0.400. The van der Waals surface area contributed by atoms with Gasteiger partial charge in [0.25, 0.3) is 0 Å². The van der Waals surface area contributed by atoms with Crippen LogP contribution in [0, 0.1) is 17.2 Å². The fourth-order valence-electron chi connectivity index (χ4n) is 2.78. The smallest absolute Gasteiger partial charge is 0.348 e. The van der Waals surface area contributed by atoms with E-state index >= 15 is 0 Å². The molecule has 0 saturated carbocycles. The zero-order chi connectivity index (χ0) is 18.2. The van der Waals surface area contributed by atoms with Crippen LogP contribution in [0.3, 0.4) is 0 Å². The van der Waals surface area contributed by atoms with Gasteiger partial charge in [0.1, 0.15) is 11.6 Å². The van der Waals surface area contributed by atoms with Gasteiger partial charge in [0.05, 0.1) is 6.61 Å². The summed E-state index contributed by atoms with van der Waals surface area (Å²) in [5.41, 5.74) is 2.00.